The highest BCUT2D eigenvalue weighted by molar-refractivity contribution is 7.95. The molecule has 0 heterocycles. The molecule has 0 saturated heterocycles. The monoisotopic (exact) mass is 320 g/mol. The molecule has 8 heteroatoms. The topological polar surface area (TPSA) is 110 Å². The fourth-order valence-electron chi connectivity index (χ4n) is 1.68. The van der Waals surface area contributed by atoms with Crippen LogP contribution in [0, 0.1) is 10.1 Å². The maximum atomic E-state index is 11.9. The Kier molecular flexibility index (Phi) is 4.42. The van der Waals surface area contributed by atoms with Gasteiger partial charge in [-0.2, -0.15) is 0 Å². The molecule has 2 N–H and O–H groups in total. The van der Waals surface area contributed by atoms with Gasteiger partial charge in [-0.25, -0.2) is 8.42 Å². The summed E-state index contributed by atoms with van der Waals surface area (Å²) in [6.45, 7) is 0. The van der Waals surface area contributed by atoms with Crippen LogP contribution in [-0.2, 0) is 10.0 Å². The quantitative estimate of drug-likeness (QED) is 0.650. The molecule has 0 fully saturated rings. The van der Waals surface area contributed by atoms with Gasteiger partial charge in [-0.15, -0.1) is 0 Å². The van der Waals surface area contributed by atoms with Crippen LogP contribution in [0.1, 0.15) is 5.56 Å². The van der Waals surface area contributed by atoms with Crippen LogP contribution in [-0.4, -0.2) is 18.4 Å². The summed E-state index contributed by atoms with van der Waals surface area (Å²) in [5, 5.41) is 20.8. The molecule has 0 aliphatic carbocycles. The fourth-order valence-corrected chi connectivity index (χ4v) is 2.54. The predicted molar refractivity (Wildman–Crippen MR) is 82.8 cm³/mol. The van der Waals surface area contributed by atoms with Crippen molar-refractivity contribution in [1.82, 2.24) is 0 Å². The molecule has 7 nitrogen and oxygen atoms in total. The standard InChI is InChI=1S/C14H12N2O5S/c17-14-6-2-4-12(10-14)15-22(20,21)8-7-11-3-1-5-13(9-11)16(18)19/h1-10,15,17H. The summed E-state index contributed by atoms with van der Waals surface area (Å²) in [4.78, 5) is 10.1. The van der Waals surface area contributed by atoms with Crippen molar-refractivity contribution < 1.29 is 18.4 Å². The Morgan fingerprint density at radius 2 is 1.86 bits per heavy atom. The van der Waals surface area contributed by atoms with E-state index in [0.29, 0.717) is 5.56 Å². The second-order valence-electron chi connectivity index (χ2n) is 4.35. The van der Waals surface area contributed by atoms with E-state index in [2.05, 4.69) is 4.72 Å². The average Bonchev–Trinajstić information content (AvgIpc) is 2.45. The summed E-state index contributed by atoms with van der Waals surface area (Å²) >= 11 is 0. The summed E-state index contributed by atoms with van der Waals surface area (Å²) in [7, 11) is -3.79. The molecule has 114 valence electrons. The minimum absolute atomic E-state index is 0.0668. The third-order valence-electron chi connectivity index (χ3n) is 2.63. The maximum absolute atomic E-state index is 11.9. The van der Waals surface area contributed by atoms with Crippen molar-refractivity contribution >= 4 is 27.5 Å². The number of anilines is 1. The van der Waals surface area contributed by atoms with E-state index in [0.717, 1.165) is 5.41 Å². The summed E-state index contributed by atoms with van der Waals surface area (Å²) in [5.74, 6) is -0.0668. The summed E-state index contributed by atoms with van der Waals surface area (Å²) in [6.07, 6.45) is 1.25. The first kappa shape index (κ1) is 15.5. The molecule has 2 aromatic rings. The second-order valence-corrected chi connectivity index (χ2v) is 5.92. The van der Waals surface area contributed by atoms with Gasteiger partial charge in [0, 0.05) is 18.2 Å². The first-order chi connectivity index (χ1) is 10.4. The average molecular weight is 320 g/mol. The van der Waals surface area contributed by atoms with Gasteiger partial charge >= 0.3 is 0 Å². The highest BCUT2D eigenvalue weighted by Gasteiger charge is 2.07. The SMILES string of the molecule is O=[N+]([O-])c1cccc(C=CS(=O)(=O)Nc2cccc(O)c2)c1. The van der Waals surface area contributed by atoms with Crippen LogP contribution in [0.2, 0.25) is 0 Å². The van der Waals surface area contributed by atoms with Gasteiger partial charge in [-0.1, -0.05) is 18.2 Å². The van der Waals surface area contributed by atoms with Crippen molar-refractivity contribution in [1.29, 1.82) is 0 Å². The van der Waals surface area contributed by atoms with Gasteiger partial charge in [0.05, 0.1) is 16.0 Å². The lowest BCUT2D eigenvalue weighted by atomic mass is 10.2. The summed E-state index contributed by atoms with van der Waals surface area (Å²) < 4.78 is 26.0. The molecular weight excluding hydrogens is 308 g/mol. The van der Waals surface area contributed by atoms with Crippen LogP contribution in [0.5, 0.6) is 5.75 Å². The number of hydrogen-bond acceptors (Lipinski definition) is 5. The van der Waals surface area contributed by atoms with Crippen molar-refractivity contribution in [3.05, 3.63) is 69.6 Å². The van der Waals surface area contributed by atoms with Crippen LogP contribution in [0.3, 0.4) is 0 Å². The Labute approximate surface area is 126 Å². The first-order valence-corrected chi connectivity index (χ1v) is 7.65. The molecule has 2 rings (SSSR count). The van der Waals surface area contributed by atoms with Crippen LogP contribution in [0.15, 0.2) is 53.9 Å². The lowest BCUT2D eigenvalue weighted by molar-refractivity contribution is -0.384. The third kappa shape index (κ3) is 4.32. The van der Waals surface area contributed by atoms with Crippen molar-refractivity contribution in [3.63, 3.8) is 0 Å². The molecule has 0 unspecified atom stereocenters. The van der Waals surface area contributed by atoms with Gasteiger partial charge in [-0.3, -0.25) is 14.8 Å². The van der Waals surface area contributed by atoms with Gasteiger partial charge in [0.2, 0.25) is 0 Å². The lowest BCUT2D eigenvalue weighted by Crippen LogP contribution is -2.08. The van der Waals surface area contributed by atoms with Gasteiger partial charge < -0.3 is 5.11 Å². The van der Waals surface area contributed by atoms with E-state index in [1.807, 2.05) is 0 Å². The number of hydrogen-bond donors (Lipinski definition) is 2. The van der Waals surface area contributed by atoms with Crippen molar-refractivity contribution in [2.75, 3.05) is 4.72 Å². The number of nitrogens with zero attached hydrogens (tertiary/aromatic N) is 1. The molecule has 22 heavy (non-hydrogen) atoms. The number of aromatic hydroxyl groups is 1. The zero-order chi connectivity index (χ0) is 16.2. The summed E-state index contributed by atoms with van der Waals surface area (Å²) in [5.41, 5.74) is 0.472. The van der Waals surface area contributed by atoms with Crippen molar-refractivity contribution in [3.8, 4) is 5.75 Å². The number of nitrogens with one attached hydrogen (secondary N) is 1. The number of rotatable bonds is 5. The molecule has 0 bridgehead atoms. The molecule has 0 radical (unpaired) electrons. The Bertz CT molecular complexity index is 831. The smallest absolute Gasteiger partial charge is 0.270 e. The van der Waals surface area contributed by atoms with Gasteiger partial charge in [0.1, 0.15) is 5.75 Å². The van der Waals surface area contributed by atoms with Gasteiger partial charge in [-0.05, 0) is 23.8 Å². The van der Waals surface area contributed by atoms with E-state index in [1.54, 1.807) is 6.07 Å². The fraction of sp³-hybridized carbons (Fsp3) is 0. The minimum Gasteiger partial charge on any atom is -0.508 e. The number of nitro benzene ring substituents is 1. The van der Waals surface area contributed by atoms with Crippen LogP contribution in [0.4, 0.5) is 11.4 Å². The second kappa shape index (κ2) is 6.27. The number of nitro groups is 1. The number of phenolic OH excluding ortho intramolecular Hbond substituents is 1. The van der Waals surface area contributed by atoms with Crippen LogP contribution < -0.4 is 4.72 Å². The number of sulfonamides is 1. The largest absolute Gasteiger partial charge is 0.508 e. The van der Waals surface area contributed by atoms with Gasteiger partial charge in [0.25, 0.3) is 15.7 Å². The highest BCUT2D eigenvalue weighted by atomic mass is 32.2. The van der Waals surface area contributed by atoms with E-state index >= 15 is 0 Å². The molecule has 0 amide bonds. The minimum atomic E-state index is -3.79. The molecule has 0 atom stereocenters. The zero-order valence-electron chi connectivity index (χ0n) is 11.2. The van der Waals surface area contributed by atoms with Crippen molar-refractivity contribution in [2.45, 2.75) is 0 Å². The van der Waals surface area contributed by atoms with E-state index in [9.17, 15) is 23.6 Å². The number of non-ortho nitro benzene ring substituents is 1. The third-order valence-corrected chi connectivity index (χ3v) is 3.64. The molecule has 0 spiro atoms. The maximum Gasteiger partial charge on any atom is 0.270 e. The van der Waals surface area contributed by atoms with E-state index in [1.165, 1.54) is 48.5 Å². The Morgan fingerprint density at radius 3 is 2.55 bits per heavy atom. The molecular formula is C14H12N2O5S. The van der Waals surface area contributed by atoms with Crippen LogP contribution in [0.25, 0.3) is 6.08 Å². The van der Waals surface area contributed by atoms with E-state index in [-0.39, 0.29) is 17.1 Å². The van der Waals surface area contributed by atoms with E-state index in [4.69, 9.17) is 0 Å². The zero-order valence-corrected chi connectivity index (χ0v) is 12.0. The lowest BCUT2D eigenvalue weighted by Gasteiger charge is -2.04. The molecule has 0 saturated carbocycles. The molecule has 0 aromatic heterocycles. The first-order valence-electron chi connectivity index (χ1n) is 6.10. The summed E-state index contributed by atoms with van der Waals surface area (Å²) in [6, 6.07) is 11.3. The predicted octanol–water partition coefficient (Wildman–Crippen LogP) is 2.71. The normalized spacial score (nSPS) is 11.5. The number of phenols is 1. The molecule has 2 aromatic carbocycles. The van der Waals surface area contributed by atoms with Crippen molar-refractivity contribution in [2.24, 2.45) is 0 Å². The van der Waals surface area contributed by atoms with E-state index < -0.39 is 14.9 Å². The highest BCUT2D eigenvalue weighted by Crippen LogP contribution is 2.18. The number of benzene rings is 2. The van der Waals surface area contributed by atoms with Crippen LogP contribution >= 0.6 is 0 Å². The Hall–Kier alpha value is -2.87. The molecule has 0 aliphatic heterocycles. The Morgan fingerprint density at radius 1 is 1.14 bits per heavy atom. The molecule has 0 aliphatic rings. The Balaban J connectivity index is 2.17. The van der Waals surface area contributed by atoms with Gasteiger partial charge in [0.15, 0.2) is 0 Å².